The average molecular weight is 507 g/mol. The third-order valence-electron chi connectivity index (χ3n) is 4.05. The summed E-state index contributed by atoms with van der Waals surface area (Å²) >= 11 is 0. The van der Waals surface area contributed by atoms with Gasteiger partial charge in [0.05, 0.1) is 18.7 Å². The molecule has 1 atom stereocenters. The first-order valence-electron chi connectivity index (χ1n) is 8.78. The van der Waals surface area contributed by atoms with E-state index in [-0.39, 0.29) is 43.0 Å². The van der Waals surface area contributed by atoms with E-state index in [2.05, 4.69) is 15.6 Å². The average Bonchev–Trinajstić information content (AvgIpc) is 2.67. The Bertz CT molecular complexity index is 722. The Balaban J connectivity index is 0.00000392. The minimum Gasteiger partial charge on any atom is -0.396 e. The van der Waals surface area contributed by atoms with E-state index in [1.54, 1.807) is 0 Å². The number of hydrogen-bond acceptors (Lipinski definition) is 2. The maximum absolute atomic E-state index is 12.6. The first kappa shape index (κ1) is 24.2. The normalized spacial score (nSPS) is 12.8. The van der Waals surface area contributed by atoms with E-state index in [9.17, 15) is 18.3 Å². The zero-order valence-corrected chi connectivity index (χ0v) is 17.9. The lowest BCUT2D eigenvalue weighted by Gasteiger charge is -2.18. The lowest BCUT2D eigenvalue weighted by atomic mass is 10.0. The highest BCUT2D eigenvalue weighted by molar-refractivity contribution is 14.0. The summed E-state index contributed by atoms with van der Waals surface area (Å²) < 4.78 is 37.8. The Labute approximate surface area is 180 Å². The number of halogens is 4. The Kier molecular flexibility index (Phi) is 10.3. The first-order valence-corrected chi connectivity index (χ1v) is 8.78. The van der Waals surface area contributed by atoms with Gasteiger partial charge < -0.3 is 15.7 Å². The van der Waals surface area contributed by atoms with Crippen LogP contribution in [0.3, 0.4) is 0 Å². The molecule has 4 nitrogen and oxygen atoms in total. The Morgan fingerprint density at radius 3 is 2.21 bits per heavy atom. The number of aliphatic hydroxyl groups excluding tert-OH is 1. The fourth-order valence-corrected chi connectivity index (χ4v) is 2.54. The van der Waals surface area contributed by atoms with Gasteiger partial charge in [0, 0.05) is 19.0 Å². The van der Waals surface area contributed by atoms with E-state index in [0.29, 0.717) is 24.6 Å². The quantitative estimate of drug-likeness (QED) is 0.300. The van der Waals surface area contributed by atoms with Gasteiger partial charge in [-0.2, -0.15) is 13.2 Å². The van der Waals surface area contributed by atoms with Crippen LogP contribution in [0.2, 0.25) is 0 Å². The summed E-state index contributed by atoms with van der Waals surface area (Å²) in [5, 5.41) is 15.9. The third-order valence-corrected chi connectivity index (χ3v) is 4.05. The Morgan fingerprint density at radius 2 is 1.68 bits per heavy atom. The van der Waals surface area contributed by atoms with E-state index in [4.69, 9.17) is 0 Å². The van der Waals surface area contributed by atoms with Gasteiger partial charge in [-0.25, -0.2) is 4.99 Å². The second kappa shape index (κ2) is 11.9. The van der Waals surface area contributed by atoms with Crippen LogP contribution < -0.4 is 10.6 Å². The van der Waals surface area contributed by atoms with Crippen LogP contribution in [-0.4, -0.2) is 30.8 Å². The van der Waals surface area contributed by atoms with Crippen molar-refractivity contribution in [3.63, 3.8) is 0 Å². The fourth-order valence-electron chi connectivity index (χ4n) is 2.54. The maximum atomic E-state index is 12.6. The summed E-state index contributed by atoms with van der Waals surface area (Å²) in [6, 6.07) is 14.6. The molecule has 0 aliphatic rings. The molecule has 3 N–H and O–H groups in total. The Hall–Kier alpha value is -1.81. The van der Waals surface area contributed by atoms with Crippen LogP contribution in [0.4, 0.5) is 13.2 Å². The van der Waals surface area contributed by atoms with Crippen molar-refractivity contribution < 1.29 is 18.3 Å². The molecule has 0 radical (unpaired) electrons. The fraction of sp³-hybridized carbons (Fsp3) is 0.350. The smallest absolute Gasteiger partial charge is 0.396 e. The lowest BCUT2D eigenvalue weighted by molar-refractivity contribution is -0.137. The zero-order chi connectivity index (χ0) is 19.7. The molecule has 8 heteroatoms. The van der Waals surface area contributed by atoms with Crippen LogP contribution >= 0.6 is 24.0 Å². The summed E-state index contributed by atoms with van der Waals surface area (Å²) in [5.41, 5.74) is 1.03. The molecule has 0 heterocycles. The molecule has 0 spiro atoms. The van der Waals surface area contributed by atoms with Crippen LogP contribution in [0.25, 0.3) is 0 Å². The van der Waals surface area contributed by atoms with Crippen molar-refractivity contribution in [1.82, 2.24) is 10.6 Å². The van der Waals surface area contributed by atoms with Crippen LogP contribution in [-0.2, 0) is 12.7 Å². The van der Waals surface area contributed by atoms with Crippen LogP contribution in [0.5, 0.6) is 0 Å². The molecule has 2 aromatic rings. The minimum absolute atomic E-state index is 0. The van der Waals surface area contributed by atoms with Crippen LogP contribution in [0.15, 0.2) is 59.6 Å². The van der Waals surface area contributed by atoms with Crippen LogP contribution in [0, 0.1) is 0 Å². The molecule has 154 valence electrons. The molecule has 0 saturated carbocycles. The molecule has 0 saturated heterocycles. The molecule has 2 aromatic carbocycles. The number of guanidine groups is 1. The largest absolute Gasteiger partial charge is 0.416 e. The van der Waals surface area contributed by atoms with Crippen molar-refractivity contribution in [3.8, 4) is 0 Å². The monoisotopic (exact) mass is 507 g/mol. The van der Waals surface area contributed by atoms with Crippen LogP contribution in [0.1, 0.15) is 29.5 Å². The summed E-state index contributed by atoms with van der Waals surface area (Å²) in [4.78, 5) is 4.41. The highest BCUT2D eigenvalue weighted by Crippen LogP contribution is 2.29. The maximum Gasteiger partial charge on any atom is 0.416 e. The van der Waals surface area contributed by atoms with Crippen molar-refractivity contribution in [2.75, 3.05) is 19.7 Å². The van der Waals surface area contributed by atoms with Gasteiger partial charge in [-0.05, 0) is 30.2 Å². The van der Waals surface area contributed by atoms with Gasteiger partial charge in [0.25, 0.3) is 0 Å². The van der Waals surface area contributed by atoms with E-state index in [0.717, 1.165) is 17.7 Å². The molecule has 0 fully saturated rings. The van der Waals surface area contributed by atoms with Crippen molar-refractivity contribution in [2.24, 2.45) is 4.99 Å². The number of nitrogens with zero attached hydrogens (tertiary/aromatic N) is 1. The highest BCUT2D eigenvalue weighted by Gasteiger charge is 2.29. The van der Waals surface area contributed by atoms with E-state index < -0.39 is 11.7 Å². The van der Waals surface area contributed by atoms with Gasteiger partial charge in [0.1, 0.15) is 0 Å². The number of aliphatic imine (C=N–C) groups is 1. The van der Waals surface area contributed by atoms with Crippen molar-refractivity contribution in [2.45, 2.75) is 25.6 Å². The van der Waals surface area contributed by atoms with Gasteiger partial charge in [0.2, 0.25) is 0 Å². The SMILES string of the molecule is CCNC(=NCc1ccc(C(F)(F)F)cc1)NCC(CO)c1ccccc1.I. The number of alkyl halides is 3. The number of rotatable bonds is 7. The number of benzene rings is 2. The van der Waals surface area contributed by atoms with E-state index >= 15 is 0 Å². The zero-order valence-electron chi connectivity index (χ0n) is 15.5. The molecular formula is C20H25F3IN3O. The molecule has 1 unspecified atom stereocenters. The topological polar surface area (TPSA) is 56.7 Å². The summed E-state index contributed by atoms with van der Waals surface area (Å²) in [6.07, 6.45) is -4.34. The molecule has 0 aliphatic heterocycles. The molecule has 0 aliphatic carbocycles. The van der Waals surface area contributed by atoms with Crippen molar-refractivity contribution in [3.05, 3.63) is 71.3 Å². The Morgan fingerprint density at radius 1 is 1.04 bits per heavy atom. The molecule has 0 aromatic heterocycles. The second-order valence-electron chi connectivity index (χ2n) is 6.06. The number of aliphatic hydroxyl groups is 1. The van der Waals surface area contributed by atoms with E-state index in [1.807, 2.05) is 37.3 Å². The standard InChI is InChI=1S/C20H24F3N3O.HI/c1-2-24-19(26-13-17(14-27)16-6-4-3-5-7-16)25-12-15-8-10-18(11-9-15)20(21,22)23;/h3-11,17,27H,2,12-14H2,1H3,(H2,24,25,26);1H. The lowest BCUT2D eigenvalue weighted by Crippen LogP contribution is -2.39. The predicted molar refractivity (Wildman–Crippen MR) is 116 cm³/mol. The predicted octanol–water partition coefficient (Wildman–Crippen LogP) is 4.15. The minimum atomic E-state index is -4.34. The molecular weight excluding hydrogens is 482 g/mol. The van der Waals surface area contributed by atoms with Gasteiger partial charge in [-0.1, -0.05) is 42.5 Å². The first-order chi connectivity index (χ1) is 12.9. The molecule has 0 amide bonds. The number of nitrogens with one attached hydrogen (secondary N) is 2. The highest BCUT2D eigenvalue weighted by atomic mass is 127. The van der Waals surface area contributed by atoms with Gasteiger partial charge in [-0.3, -0.25) is 0 Å². The second-order valence-corrected chi connectivity index (χ2v) is 6.06. The third kappa shape index (κ3) is 7.67. The van der Waals surface area contributed by atoms with Crippen molar-refractivity contribution >= 4 is 29.9 Å². The summed E-state index contributed by atoms with van der Waals surface area (Å²) in [7, 11) is 0. The van der Waals surface area contributed by atoms with Gasteiger partial charge in [-0.15, -0.1) is 24.0 Å². The van der Waals surface area contributed by atoms with Crippen molar-refractivity contribution in [1.29, 1.82) is 0 Å². The summed E-state index contributed by atoms with van der Waals surface area (Å²) in [6.45, 7) is 3.31. The van der Waals surface area contributed by atoms with Gasteiger partial charge in [0.15, 0.2) is 5.96 Å². The molecule has 28 heavy (non-hydrogen) atoms. The number of hydrogen-bond donors (Lipinski definition) is 3. The van der Waals surface area contributed by atoms with E-state index in [1.165, 1.54) is 12.1 Å². The van der Waals surface area contributed by atoms with Gasteiger partial charge >= 0.3 is 6.18 Å². The molecule has 0 bridgehead atoms. The molecule has 2 rings (SSSR count). The summed E-state index contributed by atoms with van der Waals surface area (Å²) in [5.74, 6) is 0.466.